The van der Waals surface area contributed by atoms with Crippen LogP contribution in [0.3, 0.4) is 0 Å². The summed E-state index contributed by atoms with van der Waals surface area (Å²) in [7, 11) is 2.91. The molecule has 15 heteroatoms. The molecule has 212 valence electrons. The van der Waals surface area contributed by atoms with Crippen LogP contribution in [0.2, 0.25) is 15.1 Å². The highest BCUT2D eigenvalue weighted by molar-refractivity contribution is 7.13. The van der Waals surface area contributed by atoms with Crippen LogP contribution in [0.5, 0.6) is 5.75 Å². The van der Waals surface area contributed by atoms with Gasteiger partial charge < -0.3 is 30.3 Å². The first-order valence-corrected chi connectivity index (χ1v) is 13.5. The molecule has 3 rings (SSSR count). The molecule has 2 heterocycles. The summed E-state index contributed by atoms with van der Waals surface area (Å²) in [4.78, 5) is 55.0. The molecule has 3 N–H and O–H groups in total. The number of esters is 1. The Morgan fingerprint density at radius 3 is 2.45 bits per heavy atom. The first-order chi connectivity index (χ1) is 19.0. The lowest BCUT2D eigenvalue weighted by Gasteiger charge is -2.17. The van der Waals surface area contributed by atoms with E-state index in [0.717, 1.165) is 11.3 Å². The molecule has 4 amide bonds. The highest BCUT2D eigenvalue weighted by atomic mass is 35.5. The van der Waals surface area contributed by atoms with Gasteiger partial charge in [0.2, 0.25) is 0 Å². The number of likely N-dealkylation sites (N-methyl/N-ethyl adjacent to an activating group) is 1. The van der Waals surface area contributed by atoms with Gasteiger partial charge in [0.1, 0.15) is 23.1 Å². The summed E-state index contributed by atoms with van der Waals surface area (Å²) in [6, 6.07) is 5.48. The Bertz CT molecular complexity index is 1420. The van der Waals surface area contributed by atoms with E-state index in [1.54, 1.807) is 18.5 Å². The van der Waals surface area contributed by atoms with Gasteiger partial charge >= 0.3 is 12.0 Å². The summed E-state index contributed by atoms with van der Waals surface area (Å²) in [6.45, 7) is 1.59. The van der Waals surface area contributed by atoms with Crippen molar-refractivity contribution in [2.75, 3.05) is 37.9 Å². The van der Waals surface area contributed by atoms with Crippen molar-refractivity contribution in [3.05, 3.63) is 66.9 Å². The first-order valence-electron chi connectivity index (χ1n) is 11.5. The Labute approximate surface area is 248 Å². The number of methoxy groups -OCH3 is 1. The summed E-state index contributed by atoms with van der Waals surface area (Å²) in [5.41, 5.74) is 0.594. The number of nitrogens with one attached hydrogen (secondary N) is 3. The van der Waals surface area contributed by atoms with Crippen LogP contribution in [0, 0.1) is 0 Å². The fourth-order valence-corrected chi connectivity index (χ4v) is 4.82. The molecule has 0 radical (unpaired) electrons. The Morgan fingerprint density at radius 1 is 1.05 bits per heavy atom. The van der Waals surface area contributed by atoms with Gasteiger partial charge in [0.15, 0.2) is 0 Å². The van der Waals surface area contributed by atoms with Gasteiger partial charge in [0.05, 0.1) is 35.0 Å². The second kappa shape index (κ2) is 14.2. The largest absolute Gasteiger partial charge is 0.494 e. The van der Waals surface area contributed by atoms with Gasteiger partial charge in [-0.15, -0.1) is 11.3 Å². The number of hydrogen-bond acceptors (Lipinski definition) is 8. The van der Waals surface area contributed by atoms with E-state index in [4.69, 9.17) is 44.3 Å². The number of nitrogens with zero attached hydrogens (tertiary/aromatic N) is 2. The minimum atomic E-state index is -0.607. The van der Waals surface area contributed by atoms with Crippen molar-refractivity contribution in [3.8, 4) is 5.75 Å². The minimum Gasteiger partial charge on any atom is -0.494 e. The van der Waals surface area contributed by atoms with E-state index >= 15 is 0 Å². The topological polar surface area (TPSA) is 139 Å². The van der Waals surface area contributed by atoms with Gasteiger partial charge in [-0.2, -0.15) is 0 Å². The van der Waals surface area contributed by atoms with Crippen molar-refractivity contribution < 1.29 is 28.7 Å². The molecule has 40 heavy (non-hydrogen) atoms. The summed E-state index contributed by atoms with van der Waals surface area (Å²) in [6.07, 6.45) is 1.37. The zero-order chi connectivity index (χ0) is 29.4. The van der Waals surface area contributed by atoms with Gasteiger partial charge in [-0.3, -0.25) is 14.4 Å². The zero-order valence-electron chi connectivity index (χ0n) is 21.5. The highest BCUT2D eigenvalue weighted by Crippen LogP contribution is 2.35. The van der Waals surface area contributed by atoms with E-state index in [9.17, 15) is 19.2 Å². The van der Waals surface area contributed by atoms with Crippen molar-refractivity contribution in [3.63, 3.8) is 0 Å². The minimum absolute atomic E-state index is 0.0198. The average molecular weight is 629 g/mol. The number of halogens is 3. The van der Waals surface area contributed by atoms with E-state index < -0.39 is 23.8 Å². The van der Waals surface area contributed by atoms with Crippen LogP contribution >= 0.6 is 46.1 Å². The number of amides is 4. The molecule has 0 spiro atoms. The molecular formula is C25H24Cl3N5O6S. The predicted molar refractivity (Wildman–Crippen MR) is 154 cm³/mol. The number of thiophene rings is 1. The molecule has 0 bridgehead atoms. The van der Waals surface area contributed by atoms with Crippen LogP contribution in [0.4, 0.5) is 16.3 Å². The van der Waals surface area contributed by atoms with E-state index in [0.29, 0.717) is 10.6 Å². The molecule has 11 nitrogen and oxygen atoms in total. The third-order valence-corrected chi connectivity index (χ3v) is 7.27. The number of carbonyl (C=O) groups is 4. The van der Waals surface area contributed by atoms with Gasteiger partial charge in [-0.1, -0.05) is 34.8 Å². The summed E-state index contributed by atoms with van der Waals surface area (Å²) >= 11 is 19.6. The second-order valence-electron chi connectivity index (χ2n) is 8.12. The molecule has 2 aromatic heterocycles. The number of ether oxygens (including phenoxy) is 2. The third-order valence-electron chi connectivity index (χ3n) is 5.25. The van der Waals surface area contributed by atoms with E-state index in [1.165, 1.54) is 43.3 Å². The van der Waals surface area contributed by atoms with E-state index in [-0.39, 0.29) is 57.4 Å². The molecule has 0 aliphatic carbocycles. The van der Waals surface area contributed by atoms with Gasteiger partial charge in [0, 0.05) is 43.4 Å². The number of benzene rings is 1. The number of urea groups is 1. The van der Waals surface area contributed by atoms with Crippen molar-refractivity contribution in [1.29, 1.82) is 0 Å². The number of aromatic nitrogens is 1. The molecular weight excluding hydrogens is 605 g/mol. The number of anilines is 2. The monoisotopic (exact) mass is 627 g/mol. The molecule has 1 aromatic carbocycles. The smallest absolute Gasteiger partial charge is 0.317 e. The van der Waals surface area contributed by atoms with Crippen LogP contribution in [0.25, 0.3) is 0 Å². The molecule has 3 aromatic rings. The van der Waals surface area contributed by atoms with E-state index in [2.05, 4.69) is 20.9 Å². The quantitative estimate of drug-likeness (QED) is 0.258. The molecule has 0 fully saturated rings. The van der Waals surface area contributed by atoms with Crippen molar-refractivity contribution in [2.24, 2.45) is 0 Å². The zero-order valence-corrected chi connectivity index (χ0v) is 24.6. The summed E-state index contributed by atoms with van der Waals surface area (Å²) < 4.78 is 10.2. The maximum Gasteiger partial charge on any atom is 0.317 e. The van der Waals surface area contributed by atoms with Gasteiger partial charge in [-0.25, -0.2) is 9.78 Å². The molecule has 0 saturated carbocycles. The molecule has 0 unspecified atom stereocenters. The van der Waals surface area contributed by atoms with Crippen LogP contribution < -0.4 is 20.7 Å². The summed E-state index contributed by atoms with van der Waals surface area (Å²) in [5.74, 6) is -1.27. The standard InChI is InChI=1S/C25H24Cl3N5O6S/c1-13(34)39-7-6-33(2)25(37)30-10-14-12-40-22(20(14)28)24(36)32-21-17(8-16(27)9-18(21)38-3)23(35)31-19-5-4-15(26)11-29-19/h4-5,8-9,11-12H,6-7,10H2,1-3H3,(H,30,37)(H,32,36)(H,29,31,35). The molecule has 0 atom stereocenters. The lowest BCUT2D eigenvalue weighted by atomic mass is 10.1. The Morgan fingerprint density at radius 2 is 1.80 bits per heavy atom. The van der Waals surface area contributed by atoms with Crippen molar-refractivity contribution in [2.45, 2.75) is 13.5 Å². The fraction of sp³-hybridized carbons (Fsp3) is 0.240. The van der Waals surface area contributed by atoms with Gasteiger partial charge in [0.25, 0.3) is 11.8 Å². The number of rotatable bonds is 10. The third kappa shape index (κ3) is 8.21. The number of carbonyl (C=O) groups excluding carboxylic acids is 4. The van der Waals surface area contributed by atoms with Crippen LogP contribution in [0.15, 0.2) is 35.8 Å². The van der Waals surface area contributed by atoms with E-state index in [1.807, 2.05) is 0 Å². The van der Waals surface area contributed by atoms with Crippen molar-refractivity contribution >= 4 is 81.5 Å². The number of pyridine rings is 1. The fourth-order valence-electron chi connectivity index (χ4n) is 3.24. The molecule has 0 aliphatic heterocycles. The highest BCUT2D eigenvalue weighted by Gasteiger charge is 2.23. The lowest BCUT2D eigenvalue weighted by molar-refractivity contribution is -0.141. The SMILES string of the molecule is COc1cc(Cl)cc(C(=O)Nc2ccc(Cl)cn2)c1NC(=O)c1scc(CNC(=O)N(C)CCOC(C)=O)c1Cl. The Hall–Kier alpha value is -3.58. The average Bonchev–Trinajstić information content (AvgIpc) is 3.28. The normalized spacial score (nSPS) is 10.4. The molecule has 0 saturated heterocycles. The first kappa shape index (κ1) is 31.0. The van der Waals surface area contributed by atoms with Crippen LogP contribution in [0.1, 0.15) is 32.5 Å². The Balaban J connectivity index is 1.74. The second-order valence-corrected chi connectivity index (χ2v) is 10.3. The van der Waals surface area contributed by atoms with Crippen LogP contribution in [-0.2, 0) is 16.1 Å². The van der Waals surface area contributed by atoms with Crippen molar-refractivity contribution in [1.82, 2.24) is 15.2 Å². The molecule has 0 aliphatic rings. The van der Waals surface area contributed by atoms with Gasteiger partial charge in [-0.05, 0) is 23.6 Å². The summed E-state index contributed by atoms with van der Waals surface area (Å²) in [5, 5.41) is 10.4. The maximum atomic E-state index is 13.2. The number of hydrogen-bond donors (Lipinski definition) is 3. The predicted octanol–water partition coefficient (Wildman–Crippen LogP) is 5.32. The lowest BCUT2D eigenvalue weighted by Crippen LogP contribution is -2.38. The Kier molecular flexibility index (Phi) is 11.0. The maximum absolute atomic E-state index is 13.2. The van der Waals surface area contributed by atoms with Crippen LogP contribution in [-0.4, -0.2) is 61.0 Å².